The molecule has 4 nitrogen and oxygen atoms in total. The molecule has 8 heteroatoms. The summed E-state index contributed by atoms with van der Waals surface area (Å²) in [5.74, 6) is 0.982. The summed E-state index contributed by atoms with van der Waals surface area (Å²) in [6, 6.07) is 20.4. The van der Waals surface area contributed by atoms with Gasteiger partial charge < -0.3 is 9.47 Å². The smallest absolute Gasteiger partial charge is 0.270 e. The van der Waals surface area contributed by atoms with E-state index in [2.05, 4.69) is 0 Å². The van der Waals surface area contributed by atoms with Gasteiger partial charge in [0.1, 0.15) is 24.7 Å². The van der Waals surface area contributed by atoms with E-state index < -0.39 is 0 Å². The summed E-state index contributed by atoms with van der Waals surface area (Å²) >= 11 is 19.3. The minimum Gasteiger partial charge on any atom is -0.490 e. The first-order valence-electron chi connectivity index (χ1n) is 10.1. The zero-order valence-corrected chi connectivity index (χ0v) is 20.7. The number of rotatable bonds is 7. The van der Waals surface area contributed by atoms with E-state index in [-0.39, 0.29) is 12.5 Å². The largest absolute Gasteiger partial charge is 0.490 e. The van der Waals surface area contributed by atoms with Crippen LogP contribution in [0.4, 0.5) is 5.69 Å². The van der Waals surface area contributed by atoms with E-state index in [1.165, 1.54) is 16.7 Å². The highest BCUT2D eigenvalue weighted by atomic mass is 35.5. The van der Waals surface area contributed by atoms with Crippen LogP contribution in [0.2, 0.25) is 10.0 Å². The summed E-state index contributed by atoms with van der Waals surface area (Å²) in [4.78, 5) is 15.0. The molecule has 1 heterocycles. The van der Waals surface area contributed by atoms with Crippen LogP contribution in [-0.2, 0) is 4.79 Å². The van der Waals surface area contributed by atoms with Crippen LogP contribution >= 0.6 is 47.2 Å². The summed E-state index contributed by atoms with van der Waals surface area (Å²) in [6.45, 7) is 2.61. The number of anilines is 1. The molecule has 33 heavy (non-hydrogen) atoms. The van der Waals surface area contributed by atoms with E-state index in [0.717, 1.165) is 17.0 Å². The number of thioether (sulfide) groups is 1. The lowest BCUT2D eigenvalue weighted by atomic mass is 10.1. The van der Waals surface area contributed by atoms with E-state index in [9.17, 15) is 4.79 Å². The Kier molecular flexibility index (Phi) is 7.60. The van der Waals surface area contributed by atoms with Gasteiger partial charge in [-0.05, 0) is 49.4 Å². The molecule has 0 radical (unpaired) electrons. The molecule has 1 aliphatic heterocycles. The van der Waals surface area contributed by atoms with Crippen molar-refractivity contribution < 1.29 is 14.3 Å². The van der Waals surface area contributed by atoms with Gasteiger partial charge in [0.05, 0.1) is 15.6 Å². The van der Waals surface area contributed by atoms with Crippen molar-refractivity contribution in [2.75, 3.05) is 18.1 Å². The third-order valence-electron chi connectivity index (χ3n) is 4.75. The van der Waals surface area contributed by atoms with Crippen molar-refractivity contribution in [3.8, 4) is 11.5 Å². The fraction of sp³-hybridized carbons (Fsp3) is 0.120. The lowest BCUT2D eigenvalue weighted by Crippen LogP contribution is -2.27. The van der Waals surface area contributed by atoms with E-state index >= 15 is 0 Å². The van der Waals surface area contributed by atoms with Gasteiger partial charge in [0.2, 0.25) is 0 Å². The predicted octanol–water partition coefficient (Wildman–Crippen LogP) is 7.17. The Morgan fingerprint density at radius 3 is 2.42 bits per heavy atom. The van der Waals surface area contributed by atoms with Crippen molar-refractivity contribution in [2.45, 2.75) is 6.92 Å². The molecule has 0 spiro atoms. The van der Waals surface area contributed by atoms with Crippen molar-refractivity contribution >= 4 is 69.2 Å². The SMILES string of the molecule is Cc1ccc(OCCOc2c(Cl)cc(Cl)cc2C=C2SC(=S)N(c3ccccc3)C2=O)cc1. The highest BCUT2D eigenvalue weighted by Crippen LogP contribution is 2.39. The maximum Gasteiger partial charge on any atom is 0.270 e. The highest BCUT2D eigenvalue weighted by Gasteiger charge is 2.33. The Morgan fingerprint density at radius 1 is 1.00 bits per heavy atom. The molecule has 0 unspecified atom stereocenters. The van der Waals surface area contributed by atoms with E-state index in [1.54, 1.807) is 18.2 Å². The molecule has 3 aromatic carbocycles. The Morgan fingerprint density at radius 2 is 1.70 bits per heavy atom. The quantitative estimate of drug-likeness (QED) is 0.189. The normalized spacial score (nSPS) is 14.8. The van der Waals surface area contributed by atoms with Crippen LogP contribution < -0.4 is 14.4 Å². The lowest BCUT2D eigenvalue weighted by molar-refractivity contribution is -0.113. The monoisotopic (exact) mass is 515 g/mol. The second-order valence-corrected chi connectivity index (χ2v) is 9.69. The maximum absolute atomic E-state index is 13.1. The van der Waals surface area contributed by atoms with Gasteiger partial charge in [0.25, 0.3) is 5.91 Å². The number of para-hydroxylation sites is 1. The molecule has 0 N–H and O–H groups in total. The molecule has 0 aliphatic carbocycles. The topological polar surface area (TPSA) is 38.8 Å². The molecule has 0 aromatic heterocycles. The van der Waals surface area contributed by atoms with Crippen LogP contribution in [0.25, 0.3) is 6.08 Å². The number of ether oxygens (including phenoxy) is 2. The summed E-state index contributed by atoms with van der Waals surface area (Å²) in [5, 5.41) is 0.788. The average molecular weight is 516 g/mol. The van der Waals surface area contributed by atoms with E-state index in [1.807, 2.05) is 61.5 Å². The van der Waals surface area contributed by atoms with Crippen molar-refractivity contribution in [1.82, 2.24) is 0 Å². The van der Waals surface area contributed by atoms with Crippen LogP contribution in [-0.4, -0.2) is 23.4 Å². The molecule has 1 aliphatic rings. The number of aryl methyl sites for hydroxylation is 1. The first-order chi connectivity index (χ1) is 15.9. The van der Waals surface area contributed by atoms with E-state index in [0.29, 0.717) is 37.2 Å². The van der Waals surface area contributed by atoms with Crippen molar-refractivity contribution in [3.63, 3.8) is 0 Å². The van der Waals surface area contributed by atoms with Crippen molar-refractivity contribution in [2.24, 2.45) is 0 Å². The third-order valence-corrected chi connectivity index (χ3v) is 6.55. The zero-order valence-electron chi connectivity index (χ0n) is 17.6. The molecule has 1 amide bonds. The van der Waals surface area contributed by atoms with Crippen molar-refractivity contribution in [1.29, 1.82) is 0 Å². The summed E-state index contributed by atoms with van der Waals surface area (Å²) in [7, 11) is 0. The van der Waals surface area contributed by atoms with Crippen LogP contribution in [0, 0.1) is 6.92 Å². The number of carbonyl (C=O) groups is 1. The van der Waals surface area contributed by atoms with Crippen LogP contribution in [0.3, 0.4) is 0 Å². The van der Waals surface area contributed by atoms with Crippen LogP contribution in [0.5, 0.6) is 11.5 Å². The number of thiocarbonyl (C=S) groups is 1. The first-order valence-corrected chi connectivity index (χ1v) is 12.0. The second-order valence-electron chi connectivity index (χ2n) is 7.17. The highest BCUT2D eigenvalue weighted by molar-refractivity contribution is 8.27. The van der Waals surface area contributed by atoms with Gasteiger partial charge in [-0.15, -0.1) is 0 Å². The van der Waals surface area contributed by atoms with E-state index in [4.69, 9.17) is 44.9 Å². The van der Waals surface area contributed by atoms with Crippen LogP contribution in [0.15, 0.2) is 71.6 Å². The molecular weight excluding hydrogens is 497 g/mol. The Bertz CT molecular complexity index is 1210. The Hall–Kier alpha value is -2.51. The number of amides is 1. The first kappa shape index (κ1) is 23.6. The predicted molar refractivity (Wildman–Crippen MR) is 141 cm³/mol. The van der Waals surface area contributed by atoms with Gasteiger partial charge >= 0.3 is 0 Å². The number of halogens is 2. The molecule has 168 valence electrons. The van der Waals surface area contributed by atoms with Gasteiger partial charge in [-0.25, -0.2) is 0 Å². The lowest BCUT2D eigenvalue weighted by Gasteiger charge is -2.14. The van der Waals surface area contributed by atoms with Crippen LogP contribution in [0.1, 0.15) is 11.1 Å². The van der Waals surface area contributed by atoms with Gasteiger partial charge in [-0.2, -0.15) is 0 Å². The third kappa shape index (κ3) is 5.71. The summed E-state index contributed by atoms with van der Waals surface area (Å²) < 4.78 is 12.1. The van der Waals surface area contributed by atoms with Gasteiger partial charge in [-0.3, -0.25) is 9.69 Å². The number of nitrogens with zero attached hydrogens (tertiary/aromatic N) is 1. The van der Waals surface area contributed by atoms with Crippen molar-refractivity contribution in [3.05, 3.63) is 92.8 Å². The number of hydrogen-bond donors (Lipinski definition) is 0. The zero-order chi connectivity index (χ0) is 23.4. The molecule has 0 bridgehead atoms. The molecule has 0 saturated carbocycles. The standard InChI is InChI=1S/C25H19Cl2NO3S2/c1-16-7-9-20(10-8-16)30-11-12-31-23-17(13-18(26)15-21(23)27)14-22-24(29)28(25(32)33-22)19-5-3-2-4-6-19/h2-10,13-15H,11-12H2,1H3. The molecular formula is C25H19Cl2NO3S2. The fourth-order valence-electron chi connectivity index (χ4n) is 3.19. The minimum atomic E-state index is -0.207. The number of hydrogen-bond acceptors (Lipinski definition) is 5. The second kappa shape index (κ2) is 10.6. The Balaban J connectivity index is 1.51. The van der Waals surface area contributed by atoms with Gasteiger partial charge in [0, 0.05) is 10.6 Å². The van der Waals surface area contributed by atoms with Gasteiger partial charge in [-0.1, -0.05) is 83.1 Å². The number of benzene rings is 3. The average Bonchev–Trinajstić information content (AvgIpc) is 3.07. The molecule has 0 atom stereocenters. The number of carbonyl (C=O) groups excluding carboxylic acids is 1. The Labute approximate surface area is 212 Å². The summed E-state index contributed by atoms with van der Waals surface area (Å²) in [5.41, 5.74) is 2.47. The molecule has 4 rings (SSSR count). The molecule has 3 aromatic rings. The maximum atomic E-state index is 13.1. The van der Waals surface area contributed by atoms with Gasteiger partial charge in [0.15, 0.2) is 4.32 Å². The minimum absolute atomic E-state index is 0.207. The fourth-order valence-corrected chi connectivity index (χ4v) is 5.04. The molecule has 1 fully saturated rings. The summed E-state index contributed by atoms with van der Waals surface area (Å²) in [6.07, 6.45) is 1.70. The molecule has 1 saturated heterocycles.